The van der Waals surface area contributed by atoms with Crippen molar-refractivity contribution in [2.75, 3.05) is 5.73 Å². The SMILES string of the molecule is Cc1occc1Sc1ccc2scnc2c1N. The van der Waals surface area contributed by atoms with Crippen LogP contribution in [0.2, 0.25) is 0 Å². The summed E-state index contributed by atoms with van der Waals surface area (Å²) >= 11 is 3.21. The smallest absolute Gasteiger partial charge is 0.114 e. The van der Waals surface area contributed by atoms with Gasteiger partial charge in [-0.2, -0.15) is 0 Å². The van der Waals surface area contributed by atoms with Crippen LogP contribution in [0.25, 0.3) is 10.2 Å². The van der Waals surface area contributed by atoms with Gasteiger partial charge in [-0.1, -0.05) is 11.8 Å². The standard InChI is InChI=1S/C12H10N2OS2/c1-7-8(4-5-15-7)17-9-2-3-10-12(11(9)13)14-6-16-10/h2-6H,13H2,1H3. The number of nitrogens with zero attached hydrogens (tertiary/aromatic N) is 1. The van der Waals surface area contributed by atoms with Crippen LogP contribution in [0, 0.1) is 6.92 Å². The number of hydrogen-bond acceptors (Lipinski definition) is 5. The van der Waals surface area contributed by atoms with Gasteiger partial charge in [-0.25, -0.2) is 4.98 Å². The summed E-state index contributed by atoms with van der Waals surface area (Å²) in [6.07, 6.45) is 1.69. The van der Waals surface area contributed by atoms with E-state index in [2.05, 4.69) is 11.1 Å². The van der Waals surface area contributed by atoms with Gasteiger partial charge < -0.3 is 10.2 Å². The van der Waals surface area contributed by atoms with Gasteiger partial charge in [-0.15, -0.1) is 11.3 Å². The van der Waals surface area contributed by atoms with Crippen molar-refractivity contribution in [2.24, 2.45) is 0 Å². The second kappa shape index (κ2) is 4.09. The molecule has 0 fully saturated rings. The lowest BCUT2D eigenvalue weighted by atomic mass is 10.3. The number of hydrogen-bond donors (Lipinski definition) is 1. The first-order valence-electron chi connectivity index (χ1n) is 5.09. The van der Waals surface area contributed by atoms with E-state index in [-0.39, 0.29) is 0 Å². The fraction of sp³-hybridized carbons (Fsp3) is 0.0833. The Bertz CT molecular complexity index is 672. The zero-order chi connectivity index (χ0) is 11.8. The van der Waals surface area contributed by atoms with Crippen LogP contribution in [0.3, 0.4) is 0 Å². The number of furan rings is 1. The van der Waals surface area contributed by atoms with Gasteiger partial charge in [0, 0.05) is 4.90 Å². The number of aromatic nitrogens is 1. The van der Waals surface area contributed by atoms with Crippen molar-refractivity contribution in [1.29, 1.82) is 0 Å². The molecule has 0 bridgehead atoms. The Balaban J connectivity index is 2.06. The summed E-state index contributed by atoms with van der Waals surface area (Å²) in [6, 6.07) is 6.04. The molecule has 3 nitrogen and oxygen atoms in total. The number of anilines is 1. The zero-order valence-electron chi connectivity index (χ0n) is 9.14. The Labute approximate surface area is 107 Å². The van der Waals surface area contributed by atoms with E-state index in [1.54, 1.807) is 29.4 Å². The van der Waals surface area contributed by atoms with Gasteiger partial charge >= 0.3 is 0 Å². The highest BCUT2D eigenvalue weighted by molar-refractivity contribution is 7.99. The lowest BCUT2D eigenvalue weighted by Gasteiger charge is -2.04. The number of benzene rings is 1. The summed E-state index contributed by atoms with van der Waals surface area (Å²) in [7, 11) is 0. The van der Waals surface area contributed by atoms with E-state index in [4.69, 9.17) is 10.2 Å². The van der Waals surface area contributed by atoms with Crippen LogP contribution in [-0.4, -0.2) is 4.98 Å². The van der Waals surface area contributed by atoms with Crippen molar-refractivity contribution in [1.82, 2.24) is 4.98 Å². The lowest BCUT2D eigenvalue weighted by molar-refractivity contribution is 0.527. The molecule has 0 aliphatic heterocycles. The van der Waals surface area contributed by atoms with Crippen molar-refractivity contribution in [2.45, 2.75) is 16.7 Å². The molecule has 0 saturated heterocycles. The lowest BCUT2D eigenvalue weighted by Crippen LogP contribution is -1.89. The molecule has 0 spiro atoms. The van der Waals surface area contributed by atoms with Crippen LogP contribution in [-0.2, 0) is 0 Å². The Morgan fingerprint density at radius 1 is 1.29 bits per heavy atom. The van der Waals surface area contributed by atoms with Crippen molar-refractivity contribution < 1.29 is 4.42 Å². The highest BCUT2D eigenvalue weighted by Crippen LogP contribution is 2.38. The summed E-state index contributed by atoms with van der Waals surface area (Å²) in [6.45, 7) is 1.94. The maximum Gasteiger partial charge on any atom is 0.114 e. The quantitative estimate of drug-likeness (QED) is 0.711. The highest BCUT2D eigenvalue weighted by Gasteiger charge is 2.10. The minimum absolute atomic E-state index is 0.745. The van der Waals surface area contributed by atoms with Crippen molar-refractivity contribution in [3.63, 3.8) is 0 Å². The maximum atomic E-state index is 6.12. The first-order valence-corrected chi connectivity index (χ1v) is 6.79. The minimum atomic E-state index is 0.745. The molecule has 86 valence electrons. The zero-order valence-corrected chi connectivity index (χ0v) is 10.8. The van der Waals surface area contributed by atoms with E-state index in [0.717, 1.165) is 31.5 Å². The van der Waals surface area contributed by atoms with Gasteiger partial charge in [-0.05, 0) is 25.1 Å². The van der Waals surface area contributed by atoms with E-state index in [9.17, 15) is 0 Å². The molecule has 0 aliphatic carbocycles. The Morgan fingerprint density at radius 2 is 2.18 bits per heavy atom. The third-order valence-electron chi connectivity index (χ3n) is 2.53. The molecule has 3 rings (SSSR count). The van der Waals surface area contributed by atoms with E-state index in [1.807, 2.05) is 24.6 Å². The molecular weight excluding hydrogens is 252 g/mol. The largest absolute Gasteiger partial charge is 0.468 e. The monoisotopic (exact) mass is 262 g/mol. The Morgan fingerprint density at radius 3 is 2.94 bits per heavy atom. The molecule has 3 aromatic rings. The third kappa shape index (κ3) is 1.81. The second-order valence-electron chi connectivity index (χ2n) is 3.62. The summed E-state index contributed by atoms with van der Waals surface area (Å²) < 4.78 is 6.39. The van der Waals surface area contributed by atoms with Gasteiger partial charge in [0.15, 0.2) is 0 Å². The van der Waals surface area contributed by atoms with Crippen LogP contribution in [0.4, 0.5) is 5.69 Å². The molecule has 0 amide bonds. The molecule has 17 heavy (non-hydrogen) atoms. The third-order valence-corrected chi connectivity index (χ3v) is 4.55. The molecule has 0 aliphatic rings. The summed E-state index contributed by atoms with van der Waals surface area (Å²) in [5.41, 5.74) is 9.58. The highest BCUT2D eigenvalue weighted by atomic mass is 32.2. The molecule has 5 heteroatoms. The first-order chi connectivity index (χ1) is 8.25. The van der Waals surface area contributed by atoms with Crippen molar-refractivity contribution in [3.8, 4) is 0 Å². The number of thiazole rings is 1. The molecular formula is C12H10N2OS2. The predicted octanol–water partition coefficient (Wildman–Crippen LogP) is 3.93. The van der Waals surface area contributed by atoms with Crippen LogP contribution in [0.1, 0.15) is 5.76 Å². The number of nitrogen functional groups attached to an aromatic ring is 1. The molecule has 0 unspecified atom stereocenters. The number of nitrogens with two attached hydrogens (primary N) is 1. The molecule has 2 aromatic heterocycles. The van der Waals surface area contributed by atoms with Gasteiger partial charge in [0.1, 0.15) is 11.3 Å². The average Bonchev–Trinajstić information content (AvgIpc) is 2.92. The van der Waals surface area contributed by atoms with Crippen molar-refractivity contribution in [3.05, 3.63) is 35.7 Å². The fourth-order valence-corrected chi connectivity index (χ4v) is 3.21. The van der Waals surface area contributed by atoms with Crippen LogP contribution in [0.15, 0.2) is 44.2 Å². The summed E-state index contributed by atoms with van der Waals surface area (Å²) in [5, 5.41) is 0. The fourth-order valence-electron chi connectivity index (χ4n) is 1.62. The van der Waals surface area contributed by atoms with Gasteiger partial charge in [0.05, 0.1) is 27.1 Å². The Hall–Kier alpha value is -1.46. The molecule has 2 N–H and O–H groups in total. The minimum Gasteiger partial charge on any atom is -0.468 e. The number of aryl methyl sites for hydroxylation is 1. The normalized spacial score (nSPS) is 11.1. The molecule has 2 heterocycles. The van der Waals surface area contributed by atoms with E-state index in [0.29, 0.717) is 0 Å². The molecule has 0 saturated carbocycles. The summed E-state index contributed by atoms with van der Waals surface area (Å²) in [4.78, 5) is 6.40. The Kier molecular flexibility index (Phi) is 2.57. The summed E-state index contributed by atoms with van der Waals surface area (Å²) in [5.74, 6) is 0.910. The number of rotatable bonds is 2. The maximum absolute atomic E-state index is 6.12. The first kappa shape index (κ1) is 10.7. The van der Waals surface area contributed by atoms with Crippen molar-refractivity contribution >= 4 is 39.0 Å². The van der Waals surface area contributed by atoms with E-state index >= 15 is 0 Å². The van der Waals surface area contributed by atoms with Gasteiger partial charge in [0.25, 0.3) is 0 Å². The predicted molar refractivity (Wildman–Crippen MR) is 71.6 cm³/mol. The van der Waals surface area contributed by atoms with Crippen LogP contribution < -0.4 is 5.73 Å². The number of fused-ring (bicyclic) bond motifs is 1. The van der Waals surface area contributed by atoms with E-state index in [1.165, 1.54) is 0 Å². The topological polar surface area (TPSA) is 52.0 Å². The van der Waals surface area contributed by atoms with E-state index < -0.39 is 0 Å². The molecule has 0 radical (unpaired) electrons. The van der Waals surface area contributed by atoms with Crippen LogP contribution >= 0.6 is 23.1 Å². The second-order valence-corrected chi connectivity index (χ2v) is 5.59. The van der Waals surface area contributed by atoms with Gasteiger partial charge in [0.2, 0.25) is 0 Å². The average molecular weight is 262 g/mol. The van der Waals surface area contributed by atoms with Gasteiger partial charge in [-0.3, -0.25) is 0 Å². The van der Waals surface area contributed by atoms with Crippen LogP contribution in [0.5, 0.6) is 0 Å². The molecule has 1 aromatic carbocycles. The molecule has 0 atom stereocenters.